The molecule has 6 nitrogen and oxygen atoms in total. The zero-order chi connectivity index (χ0) is 43.4. The molecule has 0 N–H and O–H groups in total. The van der Waals surface area contributed by atoms with Crippen LogP contribution in [0.15, 0.2) is 212 Å². The summed E-state index contributed by atoms with van der Waals surface area (Å²) in [6, 6.07) is 71.3. The lowest BCUT2D eigenvalue weighted by Crippen LogP contribution is -2.08. The molecule has 12 aromatic rings. The Labute approximate surface area is 374 Å². The summed E-state index contributed by atoms with van der Waals surface area (Å²) in [5.41, 5.74) is 11.3. The molecule has 0 fully saturated rings. The average molecular weight is 840 g/mol. The van der Waals surface area contributed by atoms with Gasteiger partial charge in [0.05, 0.1) is 29.2 Å². The molecule has 0 spiro atoms. The first kappa shape index (κ1) is 38.0. The van der Waals surface area contributed by atoms with Crippen molar-refractivity contribution < 1.29 is 9.13 Å². The molecule has 0 bridgehead atoms. The third-order valence-electron chi connectivity index (χ3n) is 12.4. The first-order chi connectivity index (χ1) is 32.1. The Morgan fingerprint density at radius 1 is 0.385 bits per heavy atom. The standard InChI is InChI=1S/C58H38FN5O/c1-65-51-30-16-25-42(39-19-7-3-8-20-39)53(51)52-47(26-15-27-48(52)59)57-60-56(40-21-9-4-10-22-40)61-58(62-57)64-50-29-14-12-24-44(50)46-36-35-45-43-23-11-13-28-49(43)63(54(45)55(46)64)41-33-31-38(32-34-41)37-17-5-2-6-18-37/h2-36H,1H3. The van der Waals surface area contributed by atoms with Gasteiger partial charge < -0.3 is 9.30 Å². The fraction of sp³-hybridized carbons (Fsp3) is 0.0172. The number of para-hydroxylation sites is 2. The van der Waals surface area contributed by atoms with E-state index in [1.54, 1.807) is 13.2 Å². The summed E-state index contributed by atoms with van der Waals surface area (Å²) in [6.07, 6.45) is 0. The smallest absolute Gasteiger partial charge is 0.238 e. The number of fused-ring (bicyclic) bond motifs is 7. The minimum Gasteiger partial charge on any atom is -0.496 e. The molecule has 0 atom stereocenters. The van der Waals surface area contributed by atoms with Crippen LogP contribution in [0, 0.1) is 5.82 Å². The molecule has 12 rings (SSSR count). The third-order valence-corrected chi connectivity index (χ3v) is 12.4. The second-order valence-corrected chi connectivity index (χ2v) is 16.0. The van der Waals surface area contributed by atoms with E-state index < -0.39 is 5.82 Å². The Kier molecular flexibility index (Phi) is 9.12. The van der Waals surface area contributed by atoms with E-state index in [1.165, 1.54) is 6.07 Å². The van der Waals surface area contributed by atoms with Gasteiger partial charge in [0.1, 0.15) is 11.6 Å². The van der Waals surface area contributed by atoms with Gasteiger partial charge in [0.2, 0.25) is 5.95 Å². The van der Waals surface area contributed by atoms with Crippen LogP contribution in [0.5, 0.6) is 5.75 Å². The van der Waals surface area contributed by atoms with Gasteiger partial charge in [-0.25, -0.2) is 9.37 Å². The van der Waals surface area contributed by atoms with Gasteiger partial charge in [-0.3, -0.25) is 4.57 Å². The minimum atomic E-state index is -0.422. The average Bonchev–Trinajstić information content (AvgIpc) is 3.90. The van der Waals surface area contributed by atoms with Crippen molar-refractivity contribution in [3.8, 4) is 73.5 Å². The summed E-state index contributed by atoms with van der Waals surface area (Å²) in [7, 11) is 1.61. The molecule has 0 aliphatic heterocycles. The van der Waals surface area contributed by atoms with Crippen LogP contribution in [-0.2, 0) is 0 Å². The molecular weight excluding hydrogens is 802 g/mol. The minimum absolute atomic E-state index is 0.323. The first-order valence-corrected chi connectivity index (χ1v) is 21.6. The van der Waals surface area contributed by atoms with Gasteiger partial charge in [-0.1, -0.05) is 176 Å². The van der Waals surface area contributed by atoms with Gasteiger partial charge in [-0.15, -0.1) is 0 Å². The maximum atomic E-state index is 16.9. The number of halogens is 1. The van der Waals surface area contributed by atoms with E-state index in [4.69, 9.17) is 19.7 Å². The molecule has 65 heavy (non-hydrogen) atoms. The highest BCUT2D eigenvalue weighted by molar-refractivity contribution is 6.23. The number of methoxy groups -OCH3 is 1. The molecule has 0 radical (unpaired) electrons. The highest BCUT2D eigenvalue weighted by Crippen LogP contribution is 2.46. The van der Waals surface area contributed by atoms with Crippen molar-refractivity contribution in [2.24, 2.45) is 0 Å². The van der Waals surface area contributed by atoms with E-state index in [2.05, 4.69) is 112 Å². The van der Waals surface area contributed by atoms with Crippen LogP contribution in [0.1, 0.15) is 0 Å². The number of benzene rings is 9. The number of rotatable bonds is 8. The van der Waals surface area contributed by atoms with Crippen molar-refractivity contribution in [1.82, 2.24) is 24.1 Å². The number of ether oxygens (including phenoxy) is 1. The quantitative estimate of drug-likeness (QED) is 0.153. The lowest BCUT2D eigenvalue weighted by Gasteiger charge is -2.19. The van der Waals surface area contributed by atoms with Crippen molar-refractivity contribution in [3.05, 3.63) is 218 Å². The topological polar surface area (TPSA) is 57.8 Å². The van der Waals surface area contributed by atoms with E-state index in [9.17, 15) is 0 Å². The second kappa shape index (κ2) is 15.6. The molecule has 7 heteroatoms. The molecule has 9 aromatic carbocycles. The second-order valence-electron chi connectivity index (χ2n) is 16.0. The monoisotopic (exact) mass is 839 g/mol. The highest BCUT2D eigenvalue weighted by Gasteiger charge is 2.26. The Bertz CT molecular complexity index is 3750. The van der Waals surface area contributed by atoms with Gasteiger partial charge in [0.15, 0.2) is 11.6 Å². The van der Waals surface area contributed by atoms with Crippen LogP contribution < -0.4 is 4.74 Å². The summed E-state index contributed by atoms with van der Waals surface area (Å²) < 4.78 is 27.4. The third kappa shape index (κ3) is 6.27. The predicted octanol–water partition coefficient (Wildman–Crippen LogP) is 14.5. The van der Waals surface area contributed by atoms with E-state index in [0.717, 1.165) is 77.1 Å². The summed E-state index contributed by atoms with van der Waals surface area (Å²) in [5.74, 6) is 1.29. The fourth-order valence-electron chi connectivity index (χ4n) is 9.49. The molecule has 3 heterocycles. The predicted molar refractivity (Wildman–Crippen MR) is 262 cm³/mol. The van der Waals surface area contributed by atoms with E-state index in [-0.39, 0.29) is 0 Å². The molecule has 0 unspecified atom stereocenters. The van der Waals surface area contributed by atoms with Crippen LogP contribution in [0.3, 0.4) is 0 Å². The maximum Gasteiger partial charge on any atom is 0.238 e. The number of nitrogens with zero attached hydrogens (tertiary/aromatic N) is 5. The number of hydrogen-bond donors (Lipinski definition) is 0. The summed E-state index contributed by atoms with van der Waals surface area (Å²) in [5, 5.41) is 4.33. The van der Waals surface area contributed by atoms with E-state index in [1.807, 2.05) is 97.1 Å². The largest absolute Gasteiger partial charge is 0.496 e. The molecule has 0 amide bonds. The number of hydrogen-bond acceptors (Lipinski definition) is 4. The van der Waals surface area contributed by atoms with Crippen molar-refractivity contribution in [2.45, 2.75) is 0 Å². The van der Waals surface area contributed by atoms with Crippen molar-refractivity contribution in [2.75, 3.05) is 7.11 Å². The first-order valence-electron chi connectivity index (χ1n) is 21.6. The number of aromatic nitrogens is 5. The lowest BCUT2D eigenvalue weighted by molar-refractivity contribution is 0.416. The summed E-state index contributed by atoms with van der Waals surface area (Å²) >= 11 is 0. The van der Waals surface area contributed by atoms with Crippen molar-refractivity contribution >= 4 is 43.6 Å². The maximum absolute atomic E-state index is 16.9. The van der Waals surface area contributed by atoms with Gasteiger partial charge in [0, 0.05) is 49.5 Å². The SMILES string of the molecule is COc1cccc(-c2ccccc2)c1-c1c(F)cccc1-c1nc(-c2ccccc2)nc(-n2c3ccccc3c3ccc4c5ccccc5n(-c5ccc(-c6ccccc6)cc5)c4c32)n1. The van der Waals surface area contributed by atoms with Crippen LogP contribution in [0.2, 0.25) is 0 Å². The highest BCUT2D eigenvalue weighted by atomic mass is 19.1. The molecule has 0 aliphatic carbocycles. The lowest BCUT2D eigenvalue weighted by atomic mass is 9.90. The summed E-state index contributed by atoms with van der Waals surface area (Å²) in [6.45, 7) is 0. The van der Waals surface area contributed by atoms with Crippen molar-refractivity contribution in [3.63, 3.8) is 0 Å². The normalized spacial score (nSPS) is 11.5. The van der Waals surface area contributed by atoms with Gasteiger partial charge in [0.25, 0.3) is 0 Å². The van der Waals surface area contributed by atoms with Gasteiger partial charge in [-0.2, -0.15) is 9.97 Å². The molecule has 0 saturated heterocycles. The van der Waals surface area contributed by atoms with Crippen LogP contribution in [-0.4, -0.2) is 31.2 Å². The zero-order valence-corrected chi connectivity index (χ0v) is 35.2. The Morgan fingerprint density at radius 2 is 0.908 bits per heavy atom. The van der Waals surface area contributed by atoms with E-state index >= 15 is 4.39 Å². The Balaban J connectivity index is 1.17. The van der Waals surface area contributed by atoms with Crippen LogP contribution in [0.4, 0.5) is 4.39 Å². The molecule has 3 aromatic heterocycles. The Morgan fingerprint density at radius 3 is 1.57 bits per heavy atom. The fourth-order valence-corrected chi connectivity index (χ4v) is 9.49. The van der Waals surface area contributed by atoms with E-state index in [0.29, 0.717) is 40.0 Å². The van der Waals surface area contributed by atoms with Crippen LogP contribution >= 0.6 is 0 Å². The molecule has 0 saturated carbocycles. The van der Waals surface area contributed by atoms with Crippen molar-refractivity contribution in [1.29, 1.82) is 0 Å². The molecular formula is C58H38FN5O. The van der Waals surface area contributed by atoms with Gasteiger partial charge >= 0.3 is 0 Å². The Hall–Kier alpha value is -8.68. The van der Waals surface area contributed by atoms with Gasteiger partial charge in [-0.05, 0) is 58.7 Å². The summed E-state index contributed by atoms with van der Waals surface area (Å²) in [4.78, 5) is 15.9. The zero-order valence-electron chi connectivity index (χ0n) is 35.2. The molecule has 0 aliphatic rings. The molecule has 308 valence electrons. The van der Waals surface area contributed by atoms with Crippen LogP contribution in [0.25, 0.3) is 111 Å².